The molecule has 0 radical (unpaired) electrons. The first-order valence-corrected chi connectivity index (χ1v) is 6.76. The molecule has 0 aliphatic heterocycles. The van der Waals surface area contributed by atoms with Crippen molar-refractivity contribution in [2.75, 3.05) is 7.05 Å². The number of aromatic nitrogens is 1. The number of rotatable bonds is 4. The Labute approximate surface area is 117 Å². The molecule has 0 saturated heterocycles. The van der Waals surface area contributed by atoms with E-state index in [-0.39, 0.29) is 0 Å². The average Bonchev–Trinajstić information content (AvgIpc) is 2.32. The molecule has 0 saturated carbocycles. The topological polar surface area (TPSA) is 16.1 Å². The van der Waals surface area contributed by atoms with Crippen molar-refractivity contribution in [3.63, 3.8) is 0 Å². The molecule has 3 heteroatoms. The first-order chi connectivity index (χ1) is 8.63. The van der Waals surface area contributed by atoms with Gasteiger partial charge in [-0.25, -0.2) is 0 Å². The van der Waals surface area contributed by atoms with Crippen LogP contribution in [-0.2, 0) is 13.1 Å². The van der Waals surface area contributed by atoms with E-state index in [9.17, 15) is 0 Å². The van der Waals surface area contributed by atoms with Crippen molar-refractivity contribution < 1.29 is 0 Å². The zero-order valence-corrected chi connectivity index (χ0v) is 12.3. The van der Waals surface area contributed by atoms with Gasteiger partial charge < -0.3 is 0 Å². The second-order valence-corrected chi connectivity index (χ2v) is 5.58. The molecule has 0 atom stereocenters. The van der Waals surface area contributed by atoms with Crippen LogP contribution in [0.1, 0.15) is 16.7 Å². The van der Waals surface area contributed by atoms with Crippen molar-refractivity contribution in [2.45, 2.75) is 20.0 Å². The Hall–Kier alpha value is -1.19. The molecule has 1 heterocycles. The second kappa shape index (κ2) is 6.12. The first-order valence-electron chi connectivity index (χ1n) is 5.97. The fourth-order valence-corrected chi connectivity index (χ4v) is 2.33. The molecule has 0 amide bonds. The molecule has 18 heavy (non-hydrogen) atoms. The van der Waals surface area contributed by atoms with Gasteiger partial charge in [-0.1, -0.05) is 29.8 Å². The Morgan fingerprint density at radius 2 is 1.72 bits per heavy atom. The Bertz CT molecular complexity index is 508. The number of benzene rings is 1. The summed E-state index contributed by atoms with van der Waals surface area (Å²) in [7, 11) is 2.13. The van der Waals surface area contributed by atoms with E-state index in [1.54, 1.807) is 0 Å². The van der Waals surface area contributed by atoms with Gasteiger partial charge in [0.05, 0.1) is 0 Å². The third-order valence-electron chi connectivity index (χ3n) is 2.79. The van der Waals surface area contributed by atoms with Crippen LogP contribution >= 0.6 is 15.9 Å². The van der Waals surface area contributed by atoms with Gasteiger partial charge in [-0.3, -0.25) is 9.88 Å². The van der Waals surface area contributed by atoms with E-state index >= 15 is 0 Å². The molecule has 0 aliphatic carbocycles. The highest BCUT2D eigenvalue weighted by molar-refractivity contribution is 9.10. The monoisotopic (exact) mass is 304 g/mol. The first kappa shape index (κ1) is 13.2. The van der Waals surface area contributed by atoms with Crippen molar-refractivity contribution in [2.24, 2.45) is 0 Å². The van der Waals surface area contributed by atoms with Gasteiger partial charge in [0, 0.05) is 30.0 Å². The maximum Gasteiger partial charge on any atom is 0.0410 e. The quantitative estimate of drug-likeness (QED) is 0.854. The van der Waals surface area contributed by atoms with Crippen LogP contribution < -0.4 is 0 Å². The number of halogens is 1. The molecule has 0 aliphatic rings. The zero-order chi connectivity index (χ0) is 13.0. The molecular weight excluding hydrogens is 288 g/mol. The van der Waals surface area contributed by atoms with Gasteiger partial charge in [0.1, 0.15) is 0 Å². The summed E-state index contributed by atoms with van der Waals surface area (Å²) in [5.74, 6) is 0. The predicted octanol–water partition coefficient (Wildman–Crippen LogP) is 3.78. The van der Waals surface area contributed by atoms with E-state index in [0.717, 1.165) is 17.6 Å². The number of nitrogens with zero attached hydrogens (tertiary/aromatic N) is 2. The van der Waals surface area contributed by atoms with Crippen LogP contribution in [0.15, 0.2) is 47.2 Å². The highest BCUT2D eigenvalue weighted by Crippen LogP contribution is 2.12. The second-order valence-electron chi connectivity index (χ2n) is 4.67. The fraction of sp³-hybridized carbons (Fsp3) is 0.267. The molecule has 2 aromatic rings. The van der Waals surface area contributed by atoms with E-state index in [0.29, 0.717) is 0 Å². The van der Waals surface area contributed by atoms with E-state index in [4.69, 9.17) is 0 Å². The Kier molecular flexibility index (Phi) is 4.50. The zero-order valence-electron chi connectivity index (χ0n) is 10.7. The van der Waals surface area contributed by atoms with Crippen molar-refractivity contribution in [3.8, 4) is 0 Å². The minimum absolute atomic E-state index is 0.903. The van der Waals surface area contributed by atoms with E-state index < -0.39 is 0 Å². The minimum Gasteiger partial charge on any atom is -0.298 e. The summed E-state index contributed by atoms with van der Waals surface area (Å²) in [6.45, 7) is 3.97. The van der Waals surface area contributed by atoms with Crippen LogP contribution in [0.5, 0.6) is 0 Å². The minimum atomic E-state index is 0.903. The summed E-state index contributed by atoms with van der Waals surface area (Å²) >= 11 is 3.45. The van der Waals surface area contributed by atoms with Crippen molar-refractivity contribution >= 4 is 15.9 Å². The lowest BCUT2D eigenvalue weighted by Gasteiger charge is -2.16. The van der Waals surface area contributed by atoms with Crippen LogP contribution in [0.3, 0.4) is 0 Å². The molecule has 0 bridgehead atoms. The Morgan fingerprint density at radius 3 is 2.39 bits per heavy atom. The van der Waals surface area contributed by atoms with Crippen LogP contribution in [0.2, 0.25) is 0 Å². The van der Waals surface area contributed by atoms with Gasteiger partial charge in [-0.2, -0.15) is 0 Å². The molecule has 0 fully saturated rings. The van der Waals surface area contributed by atoms with Crippen molar-refractivity contribution in [1.82, 2.24) is 9.88 Å². The lowest BCUT2D eigenvalue weighted by molar-refractivity contribution is 0.318. The van der Waals surface area contributed by atoms with Crippen LogP contribution in [0.25, 0.3) is 0 Å². The van der Waals surface area contributed by atoms with Gasteiger partial charge >= 0.3 is 0 Å². The SMILES string of the molecule is Cc1ccc(CN(C)Cc2cncc(Br)c2)cc1. The standard InChI is InChI=1S/C15H17BrN2/c1-12-3-5-13(6-4-12)10-18(2)11-14-7-15(16)9-17-8-14/h3-9H,10-11H2,1-2H3. The summed E-state index contributed by atoms with van der Waals surface area (Å²) < 4.78 is 1.03. The van der Waals surface area contributed by atoms with Crippen molar-refractivity contribution in [3.05, 3.63) is 63.9 Å². The molecular formula is C15H17BrN2. The van der Waals surface area contributed by atoms with Crippen LogP contribution in [0.4, 0.5) is 0 Å². The maximum absolute atomic E-state index is 4.18. The molecule has 2 nitrogen and oxygen atoms in total. The highest BCUT2D eigenvalue weighted by Gasteiger charge is 2.02. The van der Waals surface area contributed by atoms with Crippen molar-refractivity contribution in [1.29, 1.82) is 0 Å². The summed E-state index contributed by atoms with van der Waals surface area (Å²) in [5.41, 5.74) is 3.86. The lowest BCUT2D eigenvalue weighted by Crippen LogP contribution is -2.17. The number of hydrogen-bond acceptors (Lipinski definition) is 2. The van der Waals surface area contributed by atoms with Gasteiger partial charge in [0.2, 0.25) is 0 Å². The van der Waals surface area contributed by atoms with E-state index in [1.807, 2.05) is 12.4 Å². The highest BCUT2D eigenvalue weighted by atomic mass is 79.9. The van der Waals surface area contributed by atoms with Crippen LogP contribution in [0, 0.1) is 6.92 Å². The lowest BCUT2D eigenvalue weighted by atomic mass is 10.1. The Balaban J connectivity index is 1.96. The van der Waals surface area contributed by atoms with Crippen LogP contribution in [-0.4, -0.2) is 16.9 Å². The Morgan fingerprint density at radius 1 is 1.06 bits per heavy atom. The average molecular weight is 305 g/mol. The number of aryl methyl sites for hydroxylation is 1. The van der Waals surface area contributed by atoms with Gasteiger partial charge in [0.25, 0.3) is 0 Å². The maximum atomic E-state index is 4.18. The fourth-order valence-electron chi connectivity index (χ4n) is 1.92. The smallest absolute Gasteiger partial charge is 0.0410 e. The van der Waals surface area contributed by atoms with Gasteiger partial charge in [-0.05, 0) is 47.1 Å². The van der Waals surface area contributed by atoms with Gasteiger partial charge in [0.15, 0.2) is 0 Å². The largest absolute Gasteiger partial charge is 0.298 e. The molecule has 94 valence electrons. The summed E-state index contributed by atoms with van der Waals surface area (Å²) in [5, 5.41) is 0. The summed E-state index contributed by atoms with van der Waals surface area (Å²) in [6.07, 6.45) is 3.72. The molecule has 0 spiro atoms. The molecule has 1 aromatic carbocycles. The third-order valence-corrected chi connectivity index (χ3v) is 3.22. The molecule has 1 aromatic heterocycles. The van der Waals surface area contributed by atoms with Gasteiger partial charge in [-0.15, -0.1) is 0 Å². The summed E-state index contributed by atoms with van der Waals surface area (Å²) in [6, 6.07) is 10.8. The summed E-state index contributed by atoms with van der Waals surface area (Å²) in [4.78, 5) is 6.47. The predicted molar refractivity (Wildman–Crippen MR) is 78.3 cm³/mol. The molecule has 0 unspecified atom stereocenters. The normalized spacial score (nSPS) is 10.9. The van der Waals surface area contributed by atoms with E-state index in [2.05, 4.69) is 70.1 Å². The number of hydrogen-bond donors (Lipinski definition) is 0. The van der Waals surface area contributed by atoms with E-state index in [1.165, 1.54) is 16.7 Å². The number of pyridine rings is 1. The third kappa shape index (κ3) is 3.93. The molecule has 0 N–H and O–H groups in total. The molecule has 2 rings (SSSR count).